The van der Waals surface area contributed by atoms with Gasteiger partial charge in [0.1, 0.15) is 0 Å². The van der Waals surface area contributed by atoms with E-state index in [1.54, 1.807) is 5.56 Å². The van der Waals surface area contributed by atoms with Crippen LogP contribution in [0.5, 0.6) is 0 Å². The molecule has 0 saturated heterocycles. The topological polar surface area (TPSA) is 9.72 Å². The smallest absolute Gasteiger partial charge is 0.0954 e. The first-order valence-electron chi connectivity index (χ1n) is 11.2. The third-order valence-corrected chi connectivity index (χ3v) is 7.43. The van der Waals surface area contributed by atoms with Gasteiger partial charge in [0, 0.05) is 13.6 Å². The van der Waals surface area contributed by atoms with Crippen LogP contribution in [0.15, 0.2) is 30.3 Å². The number of rotatable bonds is 2. The standard InChI is InChI=1S/C26H35N3/c1-17(2)15-28-16-29-21-12-11-18-22(26(5,6)14-13-25(18,3)4)24(21)27(7)19-9-8-10-20(28)23(19)29/h8-12,17H,13-16H2,1-7H3. The summed E-state index contributed by atoms with van der Waals surface area (Å²) in [6, 6.07) is 11.7. The van der Waals surface area contributed by atoms with Gasteiger partial charge in [-0.05, 0) is 58.9 Å². The molecule has 2 aliphatic heterocycles. The number of anilines is 5. The molecule has 5 rings (SSSR count). The SMILES string of the molecule is CC(C)CN1CN2c3ccc4c(c3N(C)c3cccc1c32)C(C)(C)CCC4(C)C. The predicted octanol–water partition coefficient (Wildman–Crippen LogP) is 6.69. The molecule has 0 fully saturated rings. The zero-order chi connectivity index (χ0) is 20.7. The van der Waals surface area contributed by atoms with Crippen molar-refractivity contribution in [3.8, 4) is 0 Å². The molecule has 0 N–H and O–H groups in total. The van der Waals surface area contributed by atoms with Crippen LogP contribution in [0.1, 0.15) is 65.5 Å². The highest BCUT2D eigenvalue weighted by Crippen LogP contribution is 2.59. The Balaban J connectivity index is 1.75. The molecule has 0 bridgehead atoms. The summed E-state index contributed by atoms with van der Waals surface area (Å²) in [5, 5.41) is 0. The Labute approximate surface area is 176 Å². The first-order valence-corrected chi connectivity index (χ1v) is 11.2. The number of hydrogen-bond acceptors (Lipinski definition) is 3. The van der Waals surface area contributed by atoms with E-state index in [4.69, 9.17) is 0 Å². The quantitative estimate of drug-likeness (QED) is 0.566. The van der Waals surface area contributed by atoms with Gasteiger partial charge in [0.25, 0.3) is 0 Å². The normalized spacial score (nSPS) is 20.6. The predicted molar refractivity (Wildman–Crippen MR) is 125 cm³/mol. The molecule has 0 aromatic heterocycles. The van der Waals surface area contributed by atoms with Crippen molar-refractivity contribution in [2.75, 3.05) is 35.0 Å². The van der Waals surface area contributed by atoms with Crippen LogP contribution in [0.25, 0.3) is 0 Å². The van der Waals surface area contributed by atoms with Gasteiger partial charge in [-0.3, -0.25) is 0 Å². The summed E-state index contributed by atoms with van der Waals surface area (Å²) in [6.07, 6.45) is 2.49. The van der Waals surface area contributed by atoms with Crippen molar-refractivity contribution in [2.24, 2.45) is 5.92 Å². The van der Waals surface area contributed by atoms with Crippen molar-refractivity contribution in [3.05, 3.63) is 41.5 Å². The monoisotopic (exact) mass is 389 g/mol. The molecular weight excluding hydrogens is 354 g/mol. The van der Waals surface area contributed by atoms with E-state index < -0.39 is 0 Å². The van der Waals surface area contributed by atoms with Crippen molar-refractivity contribution in [2.45, 2.75) is 65.2 Å². The second-order valence-electron chi connectivity index (χ2n) is 11.0. The molecule has 0 radical (unpaired) electrons. The molecule has 2 aromatic rings. The average molecular weight is 390 g/mol. The van der Waals surface area contributed by atoms with Crippen molar-refractivity contribution in [1.82, 2.24) is 0 Å². The molecule has 29 heavy (non-hydrogen) atoms. The van der Waals surface area contributed by atoms with E-state index in [0.29, 0.717) is 5.92 Å². The van der Waals surface area contributed by atoms with Gasteiger partial charge in [0.15, 0.2) is 0 Å². The summed E-state index contributed by atoms with van der Waals surface area (Å²) >= 11 is 0. The molecule has 2 heterocycles. The highest BCUT2D eigenvalue weighted by Gasteiger charge is 2.44. The van der Waals surface area contributed by atoms with Crippen LogP contribution in [-0.4, -0.2) is 20.3 Å². The Hall–Kier alpha value is -2.16. The zero-order valence-corrected chi connectivity index (χ0v) is 19.1. The molecule has 3 aliphatic rings. The highest BCUT2D eigenvalue weighted by molar-refractivity contribution is 6.02. The molecule has 3 nitrogen and oxygen atoms in total. The van der Waals surface area contributed by atoms with Crippen LogP contribution in [0.3, 0.4) is 0 Å². The van der Waals surface area contributed by atoms with Crippen LogP contribution >= 0.6 is 0 Å². The van der Waals surface area contributed by atoms with Gasteiger partial charge in [-0.15, -0.1) is 0 Å². The Morgan fingerprint density at radius 3 is 2.28 bits per heavy atom. The molecular formula is C26H35N3. The first kappa shape index (κ1) is 18.8. The summed E-state index contributed by atoms with van der Waals surface area (Å²) < 4.78 is 0. The lowest BCUT2D eigenvalue weighted by Crippen LogP contribution is -2.38. The fourth-order valence-corrected chi connectivity index (χ4v) is 5.82. The minimum Gasteiger partial charge on any atom is -0.351 e. The van der Waals surface area contributed by atoms with Crippen molar-refractivity contribution < 1.29 is 0 Å². The highest BCUT2D eigenvalue weighted by atomic mass is 15.4. The van der Waals surface area contributed by atoms with Crippen LogP contribution in [0, 0.1) is 5.92 Å². The minimum atomic E-state index is 0.191. The van der Waals surface area contributed by atoms with Gasteiger partial charge in [-0.1, -0.05) is 53.7 Å². The fourth-order valence-electron chi connectivity index (χ4n) is 5.82. The van der Waals surface area contributed by atoms with Crippen molar-refractivity contribution in [1.29, 1.82) is 0 Å². The lowest BCUT2D eigenvalue weighted by molar-refractivity contribution is 0.332. The molecule has 0 atom stereocenters. The maximum atomic E-state index is 2.57. The summed E-state index contributed by atoms with van der Waals surface area (Å²) in [6.45, 7) is 16.4. The van der Waals surface area contributed by atoms with Gasteiger partial charge in [-0.2, -0.15) is 0 Å². The van der Waals surface area contributed by atoms with Gasteiger partial charge in [-0.25, -0.2) is 0 Å². The Bertz CT molecular complexity index is 986. The molecule has 2 aromatic carbocycles. The van der Waals surface area contributed by atoms with E-state index >= 15 is 0 Å². The van der Waals surface area contributed by atoms with E-state index in [1.165, 1.54) is 46.8 Å². The van der Waals surface area contributed by atoms with Crippen LogP contribution in [0.2, 0.25) is 0 Å². The molecule has 0 unspecified atom stereocenters. The summed E-state index contributed by atoms with van der Waals surface area (Å²) in [5.41, 5.74) is 10.4. The van der Waals surface area contributed by atoms with E-state index in [2.05, 4.69) is 93.6 Å². The third-order valence-electron chi connectivity index (χ3n) is 7.43. The lowest BCUT2D eigenvalue weighted by Gasteiger charge is -2.47. The van der Waals surface area contributed by atoms with E-state index in [-0.39, 0.29) is 10.8 Å². The van der Waals surface area contributed by atoms with Gasteiger partial charge in [0.2, 0.25) is 0 Å². The van der Waals surface area contributed by atoms with Gasteiger partial charge >= 0.3 is 0 Å². The van der Waals surface area contributed by atoms with Crippen molar-refractivity contribution in [3.63, 3.8) is 0 Å². The average Bonchev–Trinajstić information content (AvgIpc) is 3.01. The maximum Gasteiger partial charge on any atom is 0.0954 e. The van der Waals surface area contributed by atoms with Gasteiger partial charge in [0.05, 0.1) is 35.1 Å². The number of para-hydroxylation sites is 1. The zero-order valence-electron chi connectivity index (χ0n) is 19.1. The van der Waals surface area contributed by atoms with Crippen LogP contribution in [-0.2, 0) is 10.8 Å². The van der Waals surface area contributed by atoms with E-state index in [9.17, 15) is 0 Å². The summed E-state index contributed by atoms with van der Waals surface area (Å²) in [4.78, 5) is 7.60. The number of fused-ring (bicyclic) bond motifs is 4. The van der Waals surface area contributed by atoms with Gasteiger partial charge < -0.3 is 14.7 Å². The second-order valence-corrected chi connectivity index (χ2v) is 11.0. The Morgan fingerprint density at radius 1 is 0.862 bits per heavy atom. The number of hydrogen-bond donors (Lipinski definition) is 0. The summed E-state index contributed by atoms with van der Waals surface area (Å²) in [5.74, 6) is 0.646. The largest absolute Gasteiger partial charge is 0.351 e. The summed E-state index contributed by atoms with van der Waals surface area (Å²) in [7, 11) is 2.27. The van der Waals surface area contributed by atoms with Crippen LogP contribution < -0.4 is 14.7 Å². The molecule has 0 spiro atoms. The Kier molecular flexibility index (Phi) is 3.85. The fraction of sp³-hybridized carbons (Fsp3) is 0.538. The third kappa shape index (κ3) is 2.55. The minimum absolute atomic E-state index is 0.191. The molecule has 3 heteroatoms. The number of benzene rings is 2. The Morgan fingerprint density at radius 2 is 1.55 bits per heavy atom. The lowest BCUT2D eigenvalue weighted by atomic mass is 9.62. The molecule has 0 amide bonds. The first-order chi connectivity index (χ1) is 13.6. The molecule has 154 valence electrons. The van der Waals surface area contributed by atoms with E-state index in [1.807, 2.05) is 0 Å². The molecule has 1 aliphatic carbocycles. The van der Waals surface area contributed by atoms with E-state index in [0.717, 1.165) is 13.2 Å². The van der Waals surface area contributed by atoms with Crippen molar-refractivity contribution >= 4 is 28.4 Å². The maximum absolute atomic E-state index is 2.57. The number of nitrogens with zero attached hydrogens (tertiary/aromatic N) is 3. The van der Waals surface area contributed by atoms with Crippen LogP contribution in [0.4, 0.5) is 28.4 Å². The molecule has 0 saturated carbocycles. The second kappa shape index (κ2) is 5.93.